The van der Waals surface area contributed by atoms with Crippen molar-refractivity contribution in [2.75, 3.05) is 27.3 Å². The Morgan fingerprint density at radius 2 is 2.21 bits per heavy atom. The number of methoxy groups -OCH3 is 2. The lowest BCUT2D eigenvalue weighted by molar-refractivity contribution is -0.137. The Labute approximate surface area is 165 Å². The fraction of sp³-hybridized carbons (Fsp3) is 0.500. The molecule has 0 unspecified atom stereocenters. The summed E-state index contributed by atoms with van der Waals surface area (Å²) in [7, 11) is 3.07. The second-order valence-electron chi connectivity index (χ2n) is 7.75. The first-order valence-electron chi connectivity index (χ1n) is 9.96. The second kappa shape index (κ2) is 7.51. The number of ether oxygens (including phenoxy) is 2. The first-order valence-corrected chi connectivity index (χ1v) is 9.96. The highest BCUT2D eigenvalue weighted by molar-refractivity contribution is 5.91. The average Bonchev–Trinajstić information content (AvgIpc) is 3.12. The molecule has 0 amide bonds. The van der Waals surface area contributed by atoms with Gasteiger partial charge in [-0.15, -0.1) is 0 Å². The summed E-state index contributed by atoms with van der Waals surface area (Å²) in [6, 6.07) is 6.28. The summed E-state index contributed by atoms with van der Waals surface area (Å²) in [4.78, 5) is 18.4. The Hall–Kier alpha value is -2.47. The lowest BCUT2D eigenvalue weighted by Crippen LogP contribution is -2.46. The number of esters is 1. The summed E-state index contributed by atoms with van der Waals surface area (Å²) in [5.74, 6) is 0.749. The van der Waals surface area contributed by atoms with E-state index in [0.29, 0.717) is 11.5 Å². The number of aliphatic hydroxyl groups is 1. The molecule has 4 rings (SSSR count). The van der Waals surface area contributed by atoms with Crippen molar-refractivity contribution in [3.05, 3.63) is 41.3 Å². The SMILES string of the molecule is CC[C@@H]1CN2CCc3c([nH]c4cccc(OC)c34)[C@@H]2C[C@@H]1C(=CO)C(=O)OC. The predicted octanol–water partition coefficient (Wildman–Crippen LogP) is 3.74. The predicted molar refractivity (Wildman–Crippen MR) is 107 cm³/mol. The molecule has 1 aromatic carbocycles. The second-order valence-corrected chi connectivity index (χ2v) is 7.75. The Morgan fingerprint density at radius 3 is 2.89 bits per heavy atom. The Morgan fingerprint density at radius 1 is 1.39 bits per heavy atom. The van der Waals surface area contributed by atoms with E-state index in [-0.39, 0.29) is 12.0 Å². The quantitative estimate of drug-likeness (QED) is 0.477. The molecule has 6 heteroatoms. The molecule has 1 fully saturated rings. The van der Waals surface area contributed by atoms with Gasteiger partial charge >= 0.3 is 5.97 Å². The molecule has 2 aromatic rings. The van der Waals surface area contributed by atoms with Gasteiger partial charge in [-0.1, -0.05) is 19.4 Å². The van der Waals surface area contributed by atoms with Gasteiger partial charge in [0.2, 0.25) is 0 Å². The van der Waals surface area contributed by atoms with Crippen molar-refractivity contribution >= 4 is 16.9 Å². The number of piperidine rings is 1. The minimum Gasteiger partial charge on any atom is -0.515 e. The maximum absolute atomic E-state index is 12.2. The molecule has 0 spiro atoms. The number of aromatic nitrogens is 1. The first kappa shape index (κ1) is 18.9. The normalized spacial score (nSPS) is 25.2. The van der Waals surface area contributed by atoms with Gasteiger partial charge in [0, 0.05) is 29.7 Å². The van der Waals surface area contributed by atoms with Crippen molar-refractivity contribution in [1.82, 2.24) is 9.88 Å². The van der Waals surface area contributed by atoms with Crippen LogP contribution in [0.5, 0.6) is 5.75 Å². The van der Waals surface area contributed by atoms with E-state index >= 15 is 0 Å². The number of hydrogen-bond donors (Lipinski definition) is 2. The van der Waals surface area contributed by atoms with Gasteiger partial charge in [-0.05, 0) is 42.4 Å². The largest absolute Gasteiger partial charge is 0.515 e. The number of nitrogens with one attached hydrogen (secondary N) is 1. The number of carbonyl (C=O) groups is 1. The third-order valence-electron chi connectivity index (χ3n) is 6.56. The Bertz CT molecular complexity index is 917. The summed E-state index contributed by atoms with van der Waals surface area (Å²) in [5, 5.41) is 10.9. The minimum atomic E-state index is -0.436. The summed E-state index contributed by atoms with van der Waals surface area (Å²) in [6.45, 7) is 4.04. The molecule has 28 heavy (non-hydrogen) atoms. The number of aromatic amines is 1. The number of hydrogen-bond acceptors (Lipinski definition) is 5. The third-order valence-corrected chi connectivity index (χ3v) is 6.56. The zero-order valence-corrected chi connectivity index (χ0v) is 16.7. The minimum absolute atomic E-state index is 0.0250. The van der Waals surface area contributed by atoms with Crippen molar-refractivity contribution in [2.24, 2.45) is 11.8 Å². The molecule has 2 aliphatic rings. The van der Waals surface area contributed by atoms with Crippen LogP contribution in [-0.2, 0) is 16.0 Å². The van der Waals surface area contributed by atoms with Gasteiger partial charge in [0.05, 0.1) is 32.1 Å². The van der Waals surface area contributed by atoms with Crippen LogP contribution in [0.1, 0.15) is 37.1 Å². The van der Waals surface area contributed by atoms with Crippen molar-refractivity contribution in [3.63, 3.8) is 0 Å². The van der Waals surface area contributed by atoms with Gasteiger partial charge in [0.25, 0.3) is 0 Å². The van der Waals surface area contributed by atoms with E-state index in [1.165, 1.54) is 23.8 Å². The standard InChI is InChI=1S/C22H28N2O4/c1-4-13-11-24-9-8-14-20-17(6-5-7-19(20)27-2)23-21(14)18(24)10-15(13)16(12-25)22(26)28-3/h5-7,12-13,15,18,23,25H,4,8-11H2,1-3H3/t13-,15+,18+/m1/s1. The molecule has 0 radical (unpaired) electrons. The monoisotopic (exact) mass is 384 g/mol. The smallest absolute Gasteiger partial charge is 0.337 e. The number of carbonyl (C=O) groups excluding carboxylic acids is 1. The van der Waals surface area contributed by atoms with Gasteiger partial charge in [-0.3, -0.25) is 4.90 Å². The van der Waals surface area contributed by atoms with Crippen LogP contribution < -0.4 is 4.74 Å². The van der Waals surface area contributed by atoms with E-state index < -0.39 is 5.97 Å². The zero-order valence-electron chi connectivity index (χ0n) is 16.7. The summed E-state index contributed by atoms with van der Waals surface area (Å²) < 4.78 is 10.5. The molecule has 1 saturated heterocycles. The number of nitrogens with zero attached hydrogens (tertiary/aromatic N) is 1. The molecule has 3 atom stereocenters. The van der Waals surface area contributed by atoms with Crippen LogP contribution in [-0.4, -0.2) is 48.3 Å². The van der Waals surface area contributed by atoms with Crippen LogP contribution in [0.3, 0.4) is 0 Å². The summed E-state index contributed by atoms with van der Waals surface area (Å²) >= 11 is 0. The molecule has 2 aliphatic heterocycles. The van der Waals surface area contributed by atoms with Crippen LogP contribution >= 0.6 is 0 Å². The summed E-state index contributed by atoms with van der Waals surface area (Å²) in [6.07, 6.45) is 3.66. The number of fused-ring (bicyclic) bond motifs is 5. The lowest BCUT2D eigenvalue weighted by atomic mass is 9.74. The molecule has 1 aromatic heterocycles. The van der Waals surface area contributed by atoms with Gasteiger partial charge in [0.15, 0.2) is 0 Å². The highest BCUT2D eigenvalue weighted by atomic mass is 16.5. The maximum atomic E-state index is 12.2. The van der Waals surface area contributed by atoms with Crippen LogP contribution in [0.4, 0.5) is 0 Å². The van der Waals surface area contributed by atoms with Crippen molar-refractivity contribution < 1.29 is 19.4 Å². The molecule has 0 saturated carbocycles. The average molecular weight is 384 g/mol. The van der Waals surface area contributed by atoms with Gasteiger partial charge < -0.3 is 19.6 Å². The lowest BCUT2D eigenvalue weighted by Gasteiger charge is -2.46. The van der Waals surface area contributed by atoms with Gasteiger partial charge in [-0.25, -0.2) is 4.79 Å². The molecule has 0 aliphatic carbocycles. The molecular formula is C22H28N2O4. The Kier molecular flexibility index (Phi) is 5.06. The van der Waals surface area contributed by atoms with E-state index in [2.05, 4.69) is 22.9 Å². The van der Waals surface area contributed by atoms with E-state index in [1.54, 1.807) is 7.11 Å². The summed E-state index contributed by atoms with van der Waals surface area (Å²) in [5.41, 5.74) is 4.00. The molecule has 3 heterocycles. The maximum Gasteiger partial charge on any atom is 0.337 e. The zero-order chi connectivity index (χ0) is 19.8. The molecule has 6 nitrogen and oxygen atoms in total. The highest BCUT2D eigenvalue weighted by Crippen LogP contribution is 2.46. The first-order chi connectivity index (χ1) is 13.6. The van der Waals surface area contributed by atoms with E-state index in [0.717, 1.165) is 49.9 Å². The fourth-order valence-electron chi connectivity index (χ4n) is 5.17. The molecule has 0 bridgehead atoms. The van der Waals surface area contributed by atoms with Crippen molar-refractivity contribution in [2.45, 2.75) is 32.2 Å². The van der Waals surface area contributed by atoms with Crippen LogP contribution in [0.25, 0.3) is 10.9 Å². The molecule has 150 valence electrons. The Balaban J connectivity index is 1.76. The molecular weight excluding hydrogens is 356 g/mol. The number of rotatable bonds is 4. The third kappa shape index (κ3) is 2.87. The number of aliphatic hydroxyl groups excluding tert-OH is 1. The van der Waals surface area contributed by atoms with E-state index in [9.17, 15) is 9.90 Å². The number of H-pyrrole nitrogens is 1. The molecule has 2 N–H and O–H groups in total. The van der Waals surface area contributed by atoms with Gasteiger partial charge in [0.1, 0.15) is 5.75 Å². The van der Waals surface area contributed by atoms with E-state index in [4.69, 9.17) is 9.47 Å². The van der Waals surface area contributed by atoms with Crippen molar-refractivity contribution in [1.29, 1.82) is 0 Å². The van der Waals surface area contributed by atoms with Crippen LogP contribution in [0.15, 0.2) is 30.0 Å². The van der Waals surface area contributed by atoms with E-state index in [1.807, 2.05) is 12.1 Å². The van der Waals surface area contributed by atoms with Crippen LogP contribution in [0.2, 0.25) is 0 Å². The number of benzene rings is 1. The fourth-order valence-corrected chi connectivity index (χ4v) is 5.17. The topological polar surface area (TPSA) is 74.8 Å². The van der Waals surface area contributed by atoms with Gasteiger partial charge in [-0.2, -0.15) is 0 Å². The van der Waals surface area contributed by atoms with Crippen molar-refractivity contribution in [3.8, 4) is 5.75 Å². The highest BCUT2D eigenvalue weighted by Gasteiger charge is 2.42. The van der Waals surface area contributed by atoms with Crippen LogP contribution in [0, 0.1) is 11.8 Å².